The zero-order valence-electron chi connectivity index (χ0n) is 12.5. The summed E-state index contributed by atoms with van der Waals surface area (Å²) in [6.07, 6.45) is 0.820. The maximum Gasteiger partial charge on any atom is 0.295 e. The molecule has 9 nitrogen and oxygen atoms in total. The molecule has 10 heteroatoms. The first kappa shape index (κ1) is 17.6. The molecule has 0 aliphatic carbocycles. The maximum absolute atomic E-state index is 12.4. The van der Waals surface area contributed by atoms with Crippen LogP contribution in [0.3, 0.4) is 0 Å². The van der Waals surface area contributed by atoms with Crippen LogP contribution in [0.1, 0.15) is 17.0 Å². The van der Waals surface area contributed by atoms with E-state index >= 15 is 0 Å². The second kappa shape index (κ2) is 7.68. The summed E-state index contributed by atoms with van der Waals surface area (Å²) in [6.45, 7) is 1.54. The van der Waals surface area contributed by atoms with Crippen LogP contribution in [0.15, 0.2) is 21.6 Å². The maximum atomic E-state index is 12.4. The molecule has 1 aromatic rings. The number of morpholine rings is 1. The highest BCUT2D eigenvalue weighted by molar-refractivity contribution is 7.89. The largest absolute Gasteiger partial charge is 0.438 e. The van der Waals surface area contributed by atoms with E-state index in [9.17, 15) is 18.0 Å². The van der Waals surface area contributed by atoms with Crippen molar-refractivity contribution in [3.63, 3.8) is 0 Å². The van der Waals surface area contributed by atoms with Crippen LogP contribution < -0.4 is 5.73 Å². The van der Waals surface area contributed by atoms with Gasteiger partial charge in [-0.2, -0.15) is 4.31 Å². The number of hydrogen-bond acceptors (Lipinski definition) is 7. The van der Waals surface area contributed by atoms with Gasteiger partial charge in [0.15, 0.2) is 5.76 Å². The number of sulfonamides is 1. The highest BCUT2D eigenvalue weighted by atomic mass is 32.2. The van der Waals surface area contributed by atoms with Gasteiger partial charge in [0.25, 0.3) is 15.9 Å². The lowest BCUT2D eigenvalue weighted by molar-refractivity contribution is -0.116. The number of nitrogens with two attached hydrogens (primary N) is 1. The van der Waals surface area contributed by atoms with E-state index < -0.39 is 15.9 Å². The fourth-order valence-corrected chi connectivity index (χ4v) is 3.41. The molecule has 0 aromatic carbocycles. The van der Waals surface area contributed by atoms with Gasteiger partial charge >= 0.3 is 0 Å². The van der Waals surface area contributed by atoms with E-state index in [1.807, 2.05) is 0 Å². The van der Waals surface area contributed by atoms with Crippen LogP contribution in [-0.2, 0) is 19.6 Å². The average Bonchev–Trinajstić information content (AvgIpc) is 3.07. The second-order valence-corrected chi connectivity index (χ2v) is 6.75. The number of carbonyl (C=O) groups excluding carboxylic acids is 2. The zero-order chi connectivity index (χ0) is 16.9. The first-order valence-corrected chi connectivity index (χ1v) is 8.58. The van der Waals surface area contributed by atoms with Gasteiger partial charge in [0.2, 0.25) is 11.5 Å². The second-order valence-electron chi connectivity index (χ2n) is 4.88. The van der Waals surface area contributed by atoms with Crippen molar-refractivity contribution in [3.05, 3.63) is 17.9 Å². The van der Waals surface area contributed by atoms with E-state index in [1.165, 1.54) is 16.4 Å². The molecule has 0 spiro atoms. The number of imide groups is 1. The van der Waals surface area contributed by atoms with E-state index in [2.05, 4.69) is 0 Å². The molecule has 1 aliphatic heterocycles. The normalized spacial score (nSPS) is 16.2. The number of carbonyl (C=O) groups is 2. The molecule has 1 aromatic heterocycles. The standard InChI is InChI=1S/C13H19N3O6S/c14-4-1-5-15(10-17)13(18)11-2-3-12(22-11)23(19,20)16-6-8-21-9-7-16/h2-3,10H,1,4-9,14H2. The molecular formula is C13H19N3O6S. The van der Waals surface area contributed by atoms with Crippen LogP contribution in [-0.4, -0.2) is 69.3 Å². The number of nitrogens with zero attached hydrogens (tertiary/aromatic N) is 2. The molecule has 2 heterocycles. The van der Waals surface area contributed by atoms with Gasteiger partial charge in [0.05, 0.1) is 13.2 Å². The summed E-state index contributed by atoms with van der Waals surface area (Å²) in [6, 6.07) is 2.46. The molecule has 0 radical (unpaired) electrons. The number of furan rings is 1. The Morgan fingerprint density at radius 1 is 1.35 bits per heavy atom. The molecule has 1 aliphatic rings. The number of amides is 2. The molecule has 0 atom stereocenters. The Balaban J connectivity index is 2.15. The van der Waals surface area contributed by atoms with Crippen molar-refractivity contribution < 1.29 is 27.2 Å². The molecule has 2 rings (SSSR count). The smallest absolute Gasteiger partial charge is 0.295 e. The third-order valence-electron chi connectivity index (χ3n) is 3.35. The molecule has 2 N–H and O–H groups in total. The topological polar surface area (TPSA) is 123 Å². The van der Waals surface area contributed by atoms with Crippen LogP contribution in [0, 0.1) is 0 Å². The molecule has 2 amide bonds. The minimum atomic E-state index is -3.82. The van der Waals surface area contributed by atoms with Gasteiger partial charge in [-0.15, -0.1) is 0 Å². The van der Waals surface area contributed by atoms with Gasteiger partial charge in [-0.3, -0.25) is 14.5 Å². The lowest BCUT2D eigenvalue weighted by Gasteiger charge is -2.24. The average molecular weight is 345 g/mol. The van der Waals surface area contributed by atoms with Crippen molar-refractivity contribution in [2.75, 3.05) is 39.4 Å². The number of ether oxygens (including phenoxy) is 1. The van der Waals surface area contributed by atoms with Crippen LogP contribution in [0.4, 0.5) is 0 Å². The van der Waals surface area contributed by atoms with Crippen molar-refractivity contribution >= 4 is 22.3 Å². The van der Waals surface area contributed by atoms with Crippen LogP contribution in [0.5, 0.6) is 0 Å². The monoisotopic (exact) mass is 345 g/mol. The first-order chi connectivity index (χ1) is 11.0. The summed E-state index contributed by atoms with van der Waals surface area (Å²) in [5.41, 5.74) is 5.34. The Kier molecular flexibility index (Phi) is 5.88. The van der Waals surface area contributed by atoms with Crippen molar-refractivity contribution in [2.45, 2.75) is 11.5 Å². The summed E-state index contributed by atoms with van der Waals surface area (Å²) < 4.78 is 36.3. The molecule has 0 saturated carbocycles. The van der Waals surface area contributed by atoms with Crippen LogP contribution in [0.2, 0.25) is 0 Å². The highest BCUT2D eigenvalue weighted by Gasteiger charge is 2.30. The van der Waals surface area contributed by atoms with E-state index in [0.29, 0.717) is 32.6 Å². The van der Waals surface area contributed by atoms with Crippen LogP contribution in [0.25, 0.3) is 0 Å². The predicted molar refractivity (Wildman–Crippen MR) is 79.1 cm³/mol. The molecular weight excluding hydrogens is 326 g/mol. The van der Waals surface area contributed by atoms with Gasteiger partial charge in [-0.1, -0.05) is 0 Å². The Labute approximate surface area is 134 Å². The molecule has 23 heavy (non-hydrogen) atoms. The van der Waals surface area contributed by atoms with Crippen molar-refractivity contribution in [1.82, 2.24) is 9.21 Å². The van der Waals surface area contributed by atoms with Crippen molar-refractivity contribution in [1.29, 1.82) is 0 Å². The lowest BCUT2D eigenvalue weighted by Crippen LogP contribution is -2.40. The van der Waals surface area contributed by atoms with E-state index in [-0.39, 0.29) is 30.5 Å². The molecule has 0 bridgehead atoms. The van der Waals surface area contributed by atoms with E-state index in [4.69, 9.17) is 14.9 Å². The fraction of sp³-hybridized carbons (Fsp3) is 0.538. The molecule has 1 fully saturated rings. The predicted octanol–water partition coefficient (Wildman–Crippen LogP) is -0.752. The summed E-state index contributed by atoms with van der Waals surface area (Å²) >= 11 is 0. The summed E-state index contributed by atoms with van der Waals surface area (Å²) in [4.78, 5) is 24.0. The van der Waals surface area contributed by atoms with Crippen molar-refractivity contribution in [2.24, 2.45) is 5.73 Å². The van der Waals surface area contributed by atoms with E-state index in [0.717, 1.165) is 4.90 Å². The Hall–Kier alpha value is -1.75. The zero-order valence-corrected chi connectivity index (χ0v) is 13.3. The molecule has 128 valence electrons. The third-order valence-corrected chi connectivity index (χ3v) is 5.12. The molecule has 1 saturated heterocycles. The first-order valence-electron chi connectivity index (χ1n) is 7.14. The summed E-state index contributed by atoms with van der Waals surface area (Å²) in [5, 5.41) is -0.326. The quantitative estimate of drug-likeness (QED) is 0.645. The SMILES string of the molecule is NCCCN(C=O)C(=O)c1ccc(S(=O)(=O)N2CCOCC2)o1. The highest BCUT2D eigenvalue weighted by Crippen LogP contribution is 2.20. The van der Waals surface area contributed by atoms with Gasteiger partial charge < -0.3 is 14.9 Å². The Morgan fingerprint density at radius 2 is 2.04 bits per heavy atom. The van der Waals surface area contributed by atoms with Gasteiger partial charge in [0, 0.05) is 19.6 Å². The lowest BCUT2D eigenvalue weighted by atomic mass is 10.3. The van der Waals surface area contributed by atoms with Crippen molar-refractivity contribution in [3.8, 4) is 0 Å². The minimum absolute atomic E-state index is 0.144. The Morgan fingerprint density at radius 3 is 2.65 bits per heavy atom. The summed E-state index contributed by atoms with van der Waals surface area (Å²) in [5.74, 6) is -0.905. The minimum Gasteiger partial charge on any atom is -0.438 e. The Bertz CT molecular complexity index is 650. The summed E-state index contributed by atoms with van der Waals surface area (Å²) in [7, 11) is -3.82. The van der Waals surface area contributed by atoms with E-state index in [1.54, 1.807) is 0 Å². The van der Waals surface area contributed by atoms with Crippen LogP contribution >= 0.6 is 0 Å². The molecule has 0 unspecified atom stereocenters. The van der Waals surface area contributed by atoms with Gasteiger partial charge in [0.1, 0.15) is 0 Å². The third kappa shape index (κ3) is 3.96. The van der Waals surface area contributed by atoms with Gasteiger partial charge in [-0.05, 0) is 25.1 Å². The fourth-order valence-electron chi connectivity index (χ4n) is 2.09. The number of hydrogen-bond donors (Lipinski definition) is 1. The van der Waals surface area contributed by atoms with Gasteiger partial charge in [-0.25, -0.2) is 8.42 Å². The number of rotatable bonds is 7.